The van der Waals surface area contributed by atoms with Crippen molar-refractivity contribution < 1.29 is 33.3 Å². The Morgan fingerprint density at radius 2 is 2.02 bits per heavy atom. The third-order valence-electron chi connectivity index (χ3n) is 7.50. The second-order valence-electron chi connectivity index (χ2n) is 10.2. The first-order chi connectivity index (χ1) is 19.7. The Kier molecular flexibility index (Phi) is 6.80. The number of imidazole rings is 1. The first-order valence-corrected chi connectivity index (χ1v) is 13.2. The van der Waals surface area contributed by atoms with Crippen LogP contribution in [0, 0.1) is 18.6 Å². The number of hydrogen-bond acceptors (Lipinski definition) is 5. The van der Waals surface area contributed by atoms with E-state index in [0.717, 1.165) is 16.5 Å². The number of carboxylic acids is 1. The second-order valence-corrected chi connectivity index (χ2v) is 10.2. The van der Waals surface area contributed by atoms with Crippen LogP contribution in [0.1, 0.15) is 35.2 Å². The maximum absolute atomic E-state index is 15.1. The van der Waals surface area contributed by atoms with Gasteiger partial charge in [-0.3, -0.25) is 4.79 Å². The number of nitrogens with zero attached hydrogens (tertiary/aromatic N) is 1. The molecule has 1 fully saturated rings. The summed E-state index contributed by atoms with van der Waals surface area (Å²) in [6.45, 7) is 1.84. The highest BCUT2D eigenvalue weighted by Crippen LogP contribution is 2.43. The molecule has 0 amide bonds. The molecule has 8 nitrogen and oxygen atoms in total. The number of aliphatic carboxylic acids is 1. The predicted octanol–water partition coefficient (Wildman–Crippen LogP) is 5.98. The number of aryl methyl sites for hydroxylation is 2. The number of aromatic amines is 2. The fraction of sp³-hybridized carbons (Fsp3) is 0.226. The lowest BCUT2D eigenvalue weighted by molar-refractivity contribution is -0.136. The van der Waals surface area contributed by atoms with E-state index in [1.807, 2.05) is 30.3 Å². The van der Waals surface area contributed by atoms with Crippen LogP contribution in [0.25, 0.3) is 22.3 Å². The van der Waals surface area contributed by atoms with Gasteiger partial charge in [-0.15, -0.1) is 0 Å². The van der Waals surface area contributed by atoms with Crippen LogP contribution < -0.4 is 4.74 Å². The molecule has 0 saturated carbocycles. The summed E-state index contributed by atoms with van der Waals surface area (Å²) in [5.74, 6) is -1.53. The SMILES string of the molecule is Cc1c(Oc2ccc(F)c(-c3ncc([C@]4(c5cccc(CCC(=O)O)c5)C[C@@H](O)CO4)[nH]3)c2)c(F)cc2[nH]ccc12. The molecule has 2 aromatic heterocycles. The van der Waals surface area contributed by atoms with E-state index in [1.54, 1.807) is 13.1 Å². The minimum Gasteiger partial charge on any atom is -0.481 e. The summed E-state index contributed by atoms with van der Waals surface area (Å²) in [6.07, 6.45) is 3.06. The van der Waals surface area contributed by atoms with Crippen LogP contribution in [0.15, 0.2) is 67.0 Å². The van der Waals surface area contributed by atoms with Crippen LogP contribution in [-0.4, -0.2) is 43.8 Å². The number of rotatable bonds is 8. The zero-order valence-electron chi connectivity index (χ0n) is 22.1. The number of hydrogen-bond donors (Lipinski definition) is 4. The molecular formula is C31H27F2N3O5. The fourth-order valence-corrected chi connectivity index (χ4v) is 5.44. The highest BCUT2D eigenvalue weighted by atomic mass is 19.1. The molecule has 5 aromatic rings. The number of aromatic nitrogens is 3. The number of nitrogens with one attached hydrogen (secondary N) is 2. The number of halogens is 2. The van der Waals surface area contributed by atoms with Crippen molar-refractivity contribution in [1.82, 2.24) is 15.0 Å². The molecular weight excluding hydrogens is 532 g/mol. The molecule has 0 spiro atoms. The van der Waals surface area contributed by atoms with E-state index < -0.39 is 29.3 Å². The number of aliphatic hydroxyl groups is 1. The zero-order chi connectivity index (χ0) is 28.7. The fourth-order valence-electron chi connectivity index (χ4n) is 5.44. The summed E-state index contributed by atoms with van der Waals surface area (Å²) in [5.41, 5.74) is 2.30. The third-order valence-corrected chi connectivity index (χ3v) is 7.50. The average molecular weight is 560 g/mol. The van der Waals surface area contributed by atoms with E-state index >= 15 is 4.39 Å². The Morgan fingerprint density at radius 1 is 1.17 bits per heavy atom. The number of H-pyrrole nitrogens is 2. The van der Waals surface area contributed by atoms with Gasteiger partial charge < -0.3 is 29.7 Å². The number of carbonyl (C=O) groups is 1. The molecule has 1 aliphatic rings. The molecule has 1 aliphatic heterocycles. The number of fused-ring (bicyclic) bond motifs is 1. The predicted molar refractivity (Wildman–Crippen MR) is 147 cm³/mol. The van der Waals surface area contributed by atoms with Crippen LogP contribution in [0.4, 0.5) is 8.78 Å². The van der Waals surface area contributed by atoms with Crippen molar-refractivity contribution in [3.63, 3.8) is 0 Å². The van der Waals surface area contributed by atoms with Crippen LogP contribution in [-0.2, 0) is 21.6 Å². The maximum atomic E-state index is 15.1. The van der Waals surface area contributed by atoms with Crippen LogP contribution in [0.2, 0.25) is 0 Å². The lowest BCUT2D eigenvalue weighted by Gasteiger charge is -2.28. The van der Waals surface area contributed by atoms with Gasteiger partial charge in [0.1, 0.15) is 23.0 Å². The van der Waals surface area contributed by atoms with Gasteiger partial charge in [0.25, 0.3) is 0 Å². The van der Waals surface area contributed by atoms with Crippen molar-refractivity contribution >= 4 is 16.9 Å². The lowest BCUT2D eigenvalue weighted by atomic mass is 9.86. The molecule has 10 heteroatoms. The topological polar surface area (TPSA) is 120 Å². The van der Waals surface area contributed by atoms with E-state index in [-0.39, 0.29) is 42.3 Å². The lowest BCUT2D eigenvalue weighted by Crippen LogP contribution is -2.28. The molecule has 0 bridgehead atoms. The van der Waals surface area contributed by atoms with E-state index in [2.05, 4.69) is 15.0 Å². The largest absolute Gasteiger partial charge is 0.481 e. The van der Waals surface area contributed by atoms with E-state index in [1.165, 1.54) is 30.5 Å². The average Bonchev–Trinajstić information content (AvgIpc) is 3.71. The maximum Gasteiger partial charge on any atom is 0.303 e. The van der Waals surface area contributed by atoms with Gasteiger partial charge in [0.15, 0.2) is 11.6 Å². The summed E-state index contributed by atoms with van der Waals surface area (Å²) in [6, 6.07) is 14.6. The van der Waals surface area contributed by atoms with E-state index in [9.17, 15) is 14.3 Å². The molecule has 6 rings (SSSR count). The van der Waals surface area contributed by atoms with Crippen molar-refractivity contribution in [3.05, 3.63) is 101 Å². The smallest absolute Gasteiger partial charge is 0.303 e. The molecule has 210 valence electrons. The normalized spacial score (nSPS) is 18.7. The van der Waals surface area contributed by atoms with Gasteiger partial charge in [-0.2, -0.15) is 0 Å². The van der Waals surface area contributed by atoms with Crippen molar-refractivity contribution in [2.24, 2.45) is 0 Å². The number of benzene rings is 3. The molecule has 0 radical (unpaired) electrons. The van der Waals surface area contributed by atoms with Gasteiger partial charge in [0.2, 0.25) is 0 Å². The Balaban J connectivity index is 1.34. The first kappa shape index (κ1) is 26.7. The quantitative estimate of drug-likeness (QED) is 0.186. The molecule has 3 heterocycles. The van der Waals surface area contributed by atoms with Crippen LogP contribution in [0.3, 0.4) is 0 Å². The molecule has 0 unspecified atom stereocenters. The van der Waals surface area contributed by atoms with Gasteiger partial charge in [-0.1, -0.05) is 24.3 Å². The van der Waals surface area contributed by atoms with Crippen LogP contribution >= 0.6 is 0 Å². The van der Waals surface area contributed by atoms with Crippen molar-refractivity contribution in [3.8, 4) is 22.9 Å². The summed E-state index contributed by atoms with van der Waals surface area (Å²) >= 11 is 0. The first-order valence-electron chi connectivity index (χ1n) is 13.2. The minimum absolute atomic E-state index is 0.0195. The van der Waals surface area contributed by atoms with Crippen molar-refractivity contribution in [2.75, 3.05) is 6.61 Å². The van der Waals surface area contributed by atoms with Crippen LogP contribution in [0.5, 0.6) is 11.5 Å². The number of aliphatic hydroxyl groups excluding tert-OH is 1. The van der Waals surface area contributed by atoms with E-state index in [0.29, 0.717) is 23.2 Å². The molecule has 41 heavy (non-hydrogen) atoms. The highest BCUT2D eigenvalue weighted by Gasteiger charge is 2.44. The zero-order valence-corrected chi connectivity index (χ0v) is 22.1. The minimum atomic E-state index is -1.10. The summed E-state index contributed by atoms with van der Waals surface area (Å²) in [7, 11) is 0. The summed E-state index contributed by atoms with van der Waals surface area (Å²) < 4.78 is 42.0. The van der Waals surface area contributed by atoms with Crippen molar-refractivity contribution in [1.29, 1.82) is 0 Å². The monoisotopic (exact) mass is 559 g/mol. The van der Waals surface area contributed by atoms with Crippen molar-refractivity contribution in [2.45, 2.75) is 37.9 Å². The number of carboxylic acid groups (broad SMARTS) is 1. The molecule has 0 aliphatic carbocycles. The van der Waals surface area contributed by atoms with Gasteiger partial charge >= 0.3 is 5.97 Å². The Morgan fingerprint density at radius 3 is 2.80 bits per heavy atom. The summed E-state index contributed by atoms with van der Waals surface area (Å²) in [4.78, 5) is 21.6. The molecule has 3 aromatic carbocycles. The molecule has 2 atom stereocenters. The van der Waals surface area contributed by atoms with Gasteiger partial charge in [0, 0.05) is 41.6 Å². The van der Waals surface area contributed by atoms with Gasteiger partial charge in [-0.25, -0.2) is 13.8 Å². The Labute approximate surface area is 233 Å². The number of ether oxygens (including phenoxy) is 2. The Hall–Kier alpha value is -4.54. The van der Waals surface area contributed by atoms with Gasteiger partial charge in [-0.05, 0) is 48.7 Å². The van der Waals surface area contributed by atoms with Gasteiger partial charge in [0.05, 0.1) is 30.2 Å². The third kappa shape index (κ3) is 4.96. The molecule has 4 N–H and O–H groups in total. The standard InChI is InChI=1S/C31H27F2N3O5/c1-17-22-9-10-34-26(22)13-25(33)29(17)41-21-6-7-24(32)23(12-21)30-35-15-27(36-30)31(14-20(37)16-40-31)19-4-2-3-18(11-19)5-8-28(38)39/h2-4,6-7,9-13,15,20,34,37H,5,8,14,16H2,1H3,(H,35,36)(H,38,39)/t20-,31-/m1/s1. The summed E-state index contributed by atoms with van der Waals surface area (Å²) in [5, 5.41) is 20.3. The Bertz CT molecular complexity index is 1760. The second kappa shape index (κ2) is 10.5. The highest BCUT2D eigenvalue weighted by molar-refractivity contribution is 5.85. The van der Waals surface area contributed by atoms with E-state index in [4.69, 9.17) is 14.6 Å². The molecule has 1 saturated heterocycles.